The maximum Gasteiger partial charge on any atom is 0.416 e. The van der Waals surface area contributed by atoms with Crippen LogP contribution in [0.1, 0.15) is 45.1 Å². The van der Waals surface area contributed by atoms with Crippen LogP contribution in [0.3, 0.4) is 0 Å². The van der Waals surface area contributed by atoms with Gasteiger partial charge in [0.1, 0.15) is 11.5 Å². The van der Waals surface area contributed by atoms with Crippen LogP contribution >= 0.6 is 11.6 Å². The molecule has 2 rings (SSSR count). The molecule has 0 saturated carbocycles. The van der Waals surface area contributed by atoms with E-state index < -0.39 is 18.0 Å². The second-order valence-electron chi connectivity index (χ2n) is 7.60. The molecule has 0 aliphatic rings. The number of hydrogen-bond acceptors (Lipinski definition) is 3. The van der Waals surface area contributed by atoms with Crippen molar-refractivity contribution in [2.24, 2.45) is 11.8 Å². The van der Waals surface area contributed by atoms with Crippen molar-refractivity contribution in [2.75, 3.05) is 13.2 Å². The van der Waals surface area contributed by atoms with Gasteiger partial charge in [0.2, 0.25) is 0 Å². The summed E-state index contributed by atoms with van der Waals surface area (Å²) in [6, 6.07) is 10.0. The number of benzene rings is 2. The standard InChI is InChI=1S/C22H26ClF3O3/c1-14(2)12-27-21(28-13-15(3)4)16-6-5-7-18(10-16)29-20-9-8-17(11-19(20)23)22(24,25)26/h5-11,14-15,21H,12-13H2,1-4H3. The van der Waals surface area contributed by atoms with E-state index in [-0.39, 0.29) is 10.8 Å². The Bertz CT molecular complexity index is 779. The van der Waals surface area contributed by atoms with Gasteiger partial charge in [0.15, 0.2) is 6.29 Å². The van der Waals surface area contributed by atoms with Gasteiger partial charge in [-0.1, -0.05) is 51.4 Å². The monoisotopic (exact) mass is 430 g/mol. The van der Waals surface area contributed by atoms with E-state index in [0.29, 0.717) is 30.8 Å². The maximum atomic E-state index is 12.8. The summed E-state index contributed by atoms with van der Waals surface area (Å²) in [6.07, 6.45) is -5.02. The fourth-order valence-electron chi connectivity index (χ4n) is 2.41. The van der Waals surface area contributed by atoms with Crippen LogP contribution < -0.4 is 4.74 Å². The molecular formula is C22H26ClF3O3. The predicted octanol–water partition coefficient (Wildman–Crippen LogP) is 7.49. The van der Waals surface area contributed by atoms with E-state index in [1.807, 2.05) is 33.8 Å². The first kappa shape index (κ1) is 23.5. The summed E-state index contributed by atoms with van der Waals surface area (Å²) >= 11 is 5.98. The van der Waals surface area contributed by atoms with Gasteiger partial charge in [-0.05, 0) is 42.2 Å². The van der Waals surface area contributed by atoms with Gasteiger partial charge in [0.05, 0.1) is 23.8 Å². The number of rotatable bonds is 9. The SMILES string of the molecule is CC(C)COC(OCC(C)C)c1cccc(Oc2ccc(C(F)(F)F)cc2Cl)c1. The Hall–Kier alpha value is -1.76. The zero-order valence-corrected chi connectivity index (χ0v) is 17.7. The minimum Gasteiger partial charge on any atom is -0.456 e. The van der Waals surface area contributed by atoms with Crippen molar-refractivity contribution < 1.29 is 27.4 Å². The van der Waals surface area contributed by atoms with Crippen LogP contribution in [0, 0.1) is 11.8 Å². The molecule has 0 amide bonds. The summed E-state index contributed by atoms with van der Waals surface area (Å²) in [5.74, 6) is 1.24. The lowest BCUT2D eigenvalue weighted by atomic mass is 10.2. The Morgan fingerprint density at radius 3 is 2.03 bits per heavy atom. The van der Waals surface area contributed by atoms with Gasteiger partial charge in [-0.3, -0.25) is 0 Å². The van der Waals surface area contributed by atoms with Crippen LogP contribution in [0.25, 0.3) is 0 Å². The van der Waals surface area contributed by atoms with Crippen molar-refractivity contribution in [3.63, 3.8) is 0 Å². The topological polar surface area (TPSA) is 27.7 Å². The van der Waals surface area contributed by atoms with E-state index in [0.717, 1.165) is 17.7 Å². The summed E-state index contributed by atoms with van der Waals surface area (Å²) in [4.78, 5) is 0. The zero-order chi connectivity index (χ0) is 21.6. The Morgan fingerprint density at radius 1 is 0.897 bits per heavy atom. The minimum absolute atomic E-state index is 0.117. The molecule has 2 aromatic carbocycles. The molecule has 3 nitrogen and oxygen atoms in total. The number of ether oxygens (including phenoxy) is 3. The Kier molecular flexibility index (Phi) is 8.37. The molecular weight excluding hydrogens is 405 g/mol. The summed E-state index contributed by atoms with van der Waals surface area (Å²) in [7, 11) is 0. The van der Waals surface area contributed by atoms with Gasteiger partial charge in [-0.25, -0.2) is 0 Å². The lowest BCUT2D eigenvalue weighted by molar-refractivity contribution is -0.158. The van der Waals surface area contributed by atoms with Gasteiger partial charge in [0.25, 0.3) is 0 Å². The molecule has 0 bridgehead atoms. The molecule has 0 atom stereocenters. The molecule has 29 heavy (non-hydrogen) atoms. The van der Waals surface area contributed by atoms with E-state index in [2.05, 4.69) is 0 Å². The molecule has 0 unspecified atom stereocenters. The fourth-order valence-corrected chi connectivity index (χ4v) is 2.63. The van der Waals surface area contributed by atoms with Gasteiger partial charge >= 0.3 is 6.18 Å². The molecule has 7 heteroatoms. The lowest BCUT2D eigenvalue weighted by Crippen LogP contribution is -2.15. The third kappa shape index (κ3) is 7.53. The fraction of sp³-hybridized carbons (Fsp3) is 0.455. The highest BCUT2D eigenvalue weighted by Crippen LogP contribution is 2.37. The van der Waals surface area contributed by atoms with E-state index in [4.69, 9.17) is 25.8 Å². The molecule has 160 valence electrons. The smallest absolute Gasteiger partial charge is 0.416 e. The molecule has 0 spiro atoms. The molecule has 0 aliphatic heterocycles. The number of hydrogen-bond donors (Lipinski definition) is 0. The van der Waals surface area contributed by atoms with Crippen molar-refractivity contribution in [1.29, 1.82) is 0 Å². The van der Waals surface area contributed by atoms with Gasteiger partial charge in [-0.2, -0.15) is 13.2 Å². The van der Waals surface area contributed by atoms with Crippen molar-refractivity contribution >= 4 is 11.6 Å². The van der Waals surface area contributed by atoms with Gasteiger partial charge in [-0.15, -0.1) is 0 Å². The first-order chi connectivity index (χ1) is 13.6. The lowest BCUT2D eigenvalue weighted by Gasteiger charge is -2.22. The molecule has 0 aliphatic carbocycles. The van der Waals surface area contributed by atoms with Gasteiger partial charge < -0.3 is 14.2 Å². The molecule has 0 radical (unpaired) electrons. The Balaban J connectivity index is 2.20. The highest BCUT2D eigenvalue weighted by Gasteiger charge is 2.31. The van der Waals surface area contributed by atoms with Gasteiger partial charge in [0, 0.05) is 5.56 Å². The van der Waals surface area contributed by atoms with Crippen molar-refractivity contribution in [3.05, 3.63) is 58.6 Å². The Morgan fingerprint density at radius 2 is 1.52 bits per heavy atom. The third-order valence-corrected chi connectivity index (χ3v) is 4.07. The molecule has 0 fully saturated rings. The van der Waals surface area contributed by atoms with Crippen molar-refractivity contribution in [3.8, 4) is 11.5 Å². The highest BCUT2D eigenvalue weighted by atomic mass is 35.5. The maximum absolute atomic E-state index is 12.8. The van der Waals surface area contributed by atoms with Crippen LogP contribution in [0.4, 0.5) is 13.2 Å². The first-order valence-electron chi connectivity index (χ1n) is 9.44. The molecule has 0 N–H and O–H groups in total. The molecule has 0 aromatic heterocycles. The molecule has 0 saturated heterocycles. The van der Waals surface area contributed by atoms with Crippen LogP contribution in [-0.4, -0.2) is 13.2 Å². The van der Waals surface area contributed by atoms with Crippen molar-refractivity contribution in [2.45, 2.75) is 40.2 Å². The zero-order valence-electron chi connectivity index (χ0n) is 16.9. The average molecular weight is 431 g/mol. The van der Waals surface area contributed by atoms with Crippen molar-refractivity contribution in [1.82, 2.24) is 0 Å². The minimum atomic E-state index is -4.46. The summed E-state index contributed by atoms with van der Waals surface area (Å²) in [5, 5.41) is -0.117. The first-order valence-corrected chi connectivity index (χ1v) is 9.81. The van der Waals surface area contributed by atoms with Crippen LogP contribution in [-0.2, 0) is 15.7 Å². The molecule has 0 heterocycles. The average Bonchev–Trinajstić information content (AvgIpc) is 2.62. The molecule has 2 aromatic rings. The quantitative estimate of drug-likeness (QED) is 0.385. The number of halogens is 4. The highest BCUT2D eigenvalue weighted by molar-refractivity contribution is 6.32. The van der Waals surface area contributed by atoms with Crippen LogP contribution in [0.5, 0.6) is 11.5 Å². The summed E-state index contributed by atoms with van der Waals surface area (Å²) in [5.41, 5.74) is -0.0698. The number of alkyl halides is 3. The second kappa shape index (κ2) is 10.3. The third-order valence-electron chi connectivity index (χ3n) is 3.78. The normalized spacial score (nSPS) is 12.2. The van der Waals surface area contributed by atoms with E-state index >= 15 is 0 Å². The predicted molar refractivity (Wildman–Crippen MR) is 107 cm³/mol. The Labute approximate surface area is 174 Å². The van der Waals surface area contributed by atoms with Crippen LogP contribution in [0.15, 0.2) is 42.5 Å². The summed E-state index contributed by atoms with van der Waals surface area (Å²) < 4.78 is 55.9. The van der Waals surface area contributed by atoms with Crippen LogP contribution in [0.2, 0.25) is 5.02 Å². The second-order valence-corrected chi connectivity index (χ2v) is 8.01. The largest absolute Gasteiger partial charge is 0.456 e. The summed E-state index contributed by atoms with van der Waals surface area (Å²) in [6.45, 7) is 9.24. The van der Waals surface area contributed by atoms with E-state index in [1.54, 1.807) is 18.2 Å². The van der Waals surface area contributed by atoms with E-state index in [9.17, 15) is 13.2 Å². The van der Waals surface area contributed by atoms with E-state index in [1.165, 1.54) is 6.07 Å².